The third-order valence-corrected chi connectivity index (χ3v) is 8.90. The van der Waals surface area contributed by atoms with E-state index in [0.717, 1.165) is 12.8 Å². The summed E-state index contributed by atoms with van der Waals surface area (Å²) < 4.78 is 50.6. The van der Waals surface area contributed by atoms with Crippen molar-refractivity contribution in [2.75, 3.05) is 0 Å². The van der Waals surface area contributed by atoms with E-state index in [-0.39, 0.29) is 35.5 Å². The Morgan fingerprint density at radius 1 is 1.16 bits per heavy atom. The fourth-order valence-electron chi connectivity index (χ4n) is 5.28. The van der Waals surface area contributed by atoms with Gasteiger partial charge in [0, 0.05) is 17.5 Å². The Morgan fingerprint density at radius 2 is 1.86 bits per heavy atom. The van der Waals surface area contributed by atoms with Gasteiger partial charge in [0.05, 0.1) is 34.7 Å². The smallest absolute Gasteiger partial charge is 0.309 e. The predicted molar refractivity (Wildman–Crippen MR) is 139 cm³/mol. The molecule has 3 atom stereocenters. The van der Waals surface area contributed by atoms with E-state index in [9.17, 15) is 22.7 Å². The molecular formula is C27H34FN3O5S. The minimum absolute atomic E-state index is 0.0155. The van der Waals surface area contributed by atoms with Crippen molar-refractivity contribution < 1.29 is 27.4 Å². The number of rotatable bonds is 9. The molecule has 2 heterocycles. The van der Waals surface area contributed by atoms with Gasteiger partial charge in [0.1, 0.15) is 11.6 Å². The summed E-state index contributed by atoms with van der Waals surface area (Å²) in [6.07, 6.45) is 2.51. The molecule has 1 fully saturated rings. The molecule has 1 aliphatic heterocycles. The van der Waals surface area contributed by atoms with Crippen LogP contribution in [0.2, 0.25) is 0 Å². The first-order valence-corrected chi connectivity index (χ1v) is 14.1. The molecular weight excluding hydrogens is 497 g/mol. The molecule has 0 saturated carbocycles. The van der Waals surface area contributed by atoms with Gasteiger partial charge in [-0.25, -0.2) is 12.8 Å². The molecule has 0 unspecified atom stereocenters. The molecule has 10 heteroatoms. The second-order valence-electron chi connectivity index (χ2n) is 10.1. The maximum atomic E-state index is 14.1. The predicted octanol–water partition coefficient (Wildman–Crippen LogP) is 5.17. The maximum absolute atomic E-state index is 14.1. The van der Waals surface area contributed by atoms with Gasteiger partial charge in [-0.3, -0.25) is 9.48 Å². The van der Waals surface area contributed by atoms with E-state index >= 15 is 0 Å². The highest BCUT2D eigenvalue weighted by Gasteiger charge is 2.39. The molecule has 0 radical (unpaired) electrons. The lowest BCUT2D eigenvalue weighted by molar-refractivity contribution is -0.136. The van der Waals surface area contributed by atoms with E-state index < -0.39 is 21.8 Å². The highest BCUT2D eigenvalue weighted by molar-refractivity contribution is 7.89. The van der Waals surface area contributed by atoms with Crippen LogP contribution in [0.3, 0.4) is 0 Å². The summed E-state index contributed by atoms with van der Waals surface area (Å²) in [4.78, 5) is 11.6. The van der Waals surface area contributed by atoms with Gasteiger partial charge in [-0.15, -0.1) is 0 Å². The van der Waals surface area contributed by atoms with E-state index in [0.29, 0.717) is 35.2 Å². The zero-order valence-electron chi connectivity index (χ0n) is 21.6. The summed E-state index contributed by atoms with van der Waals surface area (Å²) in [5.74, 6) is -0.851. The van der Waals surface area contributed by atoms with Gasteiger partial charge < -0.3 is 9.84 Å². The van der Waals surface area contributed by atoms with Gasteiger partial charge in [-0.1, -0.05) is 6.42 Å². The molecule has 200 valence electrons. The Bertz CT molecular complexity index is 1370. The number of ether oxygens (including phenoxy) is 1. The van der Waals surface area contributed by atoms with Crippen molar-refractivity contribution >= 4 is 26.9 Å². The number of carbonyl (C=O) groups is 1. The zero-order valence-corrected chi connectivity index (χ0v) is 22.4. The molecule has 0 aliphatic carbocycles. The van der Waals surface area contributed by atoms with Crippen molar-refractivity contribution in [1.82, 2.24) is 14.1 Å². The number of sulfonamides is 1. The Kier molecular flexibility index (Phi) is 7.89. The van der Waals surface area contributed by atoms with Crippen molar-refractivity contribution in [3.05, 3.63) is 54.0 Å². The molecule has 1 aromatic heterocycles. The van der Waals surface area contributed by atoms with Gasteiger partial charge in [0.2, 0.25) is 10.0 Å². The normalized spacial score (nSPS) is 19.8. The third kappa shape index (κ3) is 5.80. The number of fused-ring (bicyclic) bond motifs is 1. The lowest BCUT2D eigenvalue weighted by atomic mass is 9.95. The standard InChI is InChI=1S/C27H34FN3O5S/c1-17(2)36-22-9-11-23(12-10-22)37(34,35)31-18(3)6-5-7-21(31)14-19(4)30-26-15-20(28)8-13-24(26)25(29-30)16-27(32)33/h8-13,15,17-19,21H,5-7,14,16H2,1-4H3,(H,32,33)/t18-,19-,21-/m1/s1. The van der Waals surface area contributed by atoms with E-state index in [4.69, 9.17) is 4.74 Å². The first-order valence-electron chi connectivity index (χ1n) is 12.7. The number of halogens is 1. The fourth-order valence-corrected chi connectivity index (χ4v) is 7.17. The summed E-state index contributed by atoms with van der Waals surface area (Å²) >= 11 is 0. The number of carboxylic acids is 1. The van der Waals surface area contributed by atoms with Crippen LogP contribution in [0.1, 0.15) is 65.1 Å². The first-order chi connectivity index (χ1) is 17.5. The Hall–Kier alpha value is -2.98. The Balaban J connectivity index is 1.64. The highest BCUT2D eigenvalue weighted by atomic mass is 32.2. The molecule has 1 saturated heterocycles. The van der Waals surface area contributed by atoms with Gasteiger partial charge in [0.15, 0.2) is 0 Å². The van der Waals surface area contributed by atoms with Crippen molar-refractivity contribution in [3.8, 4) is 5.75 Å². The van der Waals surface area contributed by atoms with Crippen LogP contribution in [0.4, 0.5) is 4.39 Å². The van der Waals surface area contributed by atoms with Crippen LogP contribution in [0, 0.1) is 5.82 Å². The highest BCUT2D eigenvalue weighted by Crippen LogP contribution is 2.35. The summed E-state index contributed by atoms with van der Waals surface area (Å²) in [6, 6.07) is 9.94. The number of nitrogens with zero attached hydrogens (tertiary/aromatic N) is 3. The molecule has 3 aromatic rings. The van der Waals surface area contributed by atoms with Crippen LogP contribution in [0.5, 0.6) is 5.75 Å². The lowest BCUT2D eigenvalue weighted by Crippen LogP contribution is -2.49. The molecule has 37 heavy (non-hydrogen) atoms. The molecule has 1 N–H and O–H groups in total. The quantitative estimate of drug-likeness (QED) is 0.409. The Morgan fingerprint density at radius 3 is 2.51 bits per heavy atom. The van der Waals surface area contributed by atoms with Crippen molar-refractivity contribution in [3.63, 3.8) is 0 Å². The maximum Gasteiger partial charge on any atom is 0.309 e. The minimum Gasteiger partial charge on any atom is -0.491 e. The molecule has 2 aromatic carbocycles. The average molecular weight is 532 g/mol. The topological polar surface area (TPSA) is 102 Å². The van der Waals surface area contributed by atoms with Crippen molar-refractivity contribution in [2.45, 2.75) is 88.9 Å². The largest absolute Gasteiger partial charge is 0.491 e. The number of aliphatic carboxylic acids is 1. The third-order valence-electron chi connectivity index (χ3n) is 6.82. The van der Waals surface area contributed by atoms with Gasteiger partial charge >= 0.3 is 5.97 Å². The van der Waals surface area contributed by atoms with Crippen molar-refractivity contribution in [1.29, 1.82) is 0 Å². The molecule has 1 aliphatic rings. The average Bonchev–Trinajstić information content (AvgIpc) is 3.15. The van der Waals surface area contributed by atoms with Crippen LogP contribution in [0.15, 0.2) is 47.4 Å². The number of aromatic nitrogens is 2. The van der Waals surface area contributed by atoms with Crippen LogP contribution in [-0.4, -0.2) is 51.8 Å². The number of benzene rings is 2. The van der Waals surface area contributed by atoms with Crippen LogP contribution >= 0.6 is 0 Å². The van der Waals surface area contributed by atoms with Crippen LogP contribution in [-0.2, 0) is 21.2 Å². The fraction of sp³-hybridized carbons (Fsp3) is 0.481. The van der Waals surface area contributed by atoms with E-state index in [1.165, 1.54) is 12.1 Å². The van der Waals surface area contributed by atoms with E-state index in [1.807, 2.05) is 27.7 Å². The van der Waals surface area contributed by atoms with Crippen LogP contribution < -0.4 is 4.74 Å². The Labute approximate surface area is 217 Å². The molecule has 4 rings (SSSR count). The summed E-state index contributed by atoms with van der Waals surface area (Å²) in [6.45, 7) is 7.65. The molecule has 0 spiro atoms. The van der Waals surface area contributed by atoms with Gasteiger partial charge in [-0.2, -0.15) is 9.40 Å². The monoisotopic (exact) mass is 531 g/mol. The summed E-state index contributed by atoms with van der Waals surface area (Å²) in [7, 11) is -3.78. The molecule has 0 bridgehead atoms. The van der Waals surface area contributed by atoms with Gasteiger partial charge in [0.25, 0.3) is 0 Å². The minimum atomic E-state index is -3.78. The second-order valence-corrected chi connectivity index (χ2v) is 12.0. The molecule has 0 amide bonds. The number of hydrogen-bond acceptors (Lipinski definition) is 5. The number of piperidine rings is 1. The second kappa shape index (κ2) is 10.8. The summed E-state index contributed by atoms with van der Waals surface area (Å²) in [5.41, 5.74) is 0.863. The van der Waals surface area contributed by atoms with Crippen LogP contribution in [0.25, 0.3) is 10.9 Å². The van der Waals surface area contributed by atoms with Gasteiger partial charge in [-0.05, 0) is 89.4 Å². The molecule has 8 nitrogen and oxygen atoms in total. The SMILES string of the molecule is CC(C)Oc1ccc(S(=O)(=O)N2[C@@H](C[C@@H](C)n3nc(CC(=O)O)c4ccc(F)cc43)CCC[C@H]2C)cc1. The van der Waals surface area contributed by atoms with E-state index in [2.05, 4.69) is 5.10 Å². The number of carboxylic acid groups (broad SMARTS) is 1. The van der Waals surface area contributed by atoms with Crippen molar-refractivity contribution in [2.24, 2.45) is 0 Å². The lowest BCUT2D eigenvalue weighted by Gasteiger charge is -2.40. The summed E-state index contributed by atoms with van der Waals surface area (Å²) in [5, 5.41) is 14.4. The zero-order chi connectivity index (χ0) is 26.9. The first kappa shape index (κ1) is 27.1. The van der Waals surface area contributed by atoms with E-state index in [1.54, 1.807) is 39.3 Å². The number of hydrogen-bond donors (Lipinski definition) is 1.